The molecule has 6 nitrogen and oxygen atoms in total. The average Bonchev–Trinajstić information content (AvgIpc) is 2.70. The number of nitrogens with zero attached hydrogens (tertiary/aromatic N) is 2. The summed E-state index contributed by atoms with van der Waals surface area (Å²) >= 11 is 0. The smallest absolute Gasteiger partial charge is 0.191 e. The number of benzene rings is 2. The number of aliphatic imine (C=N–C) groups is 1. The van der Waals surface area contributed by atoms with Gasteiger partial charge >= 0.3 is 0 Å². The van der Waals surface area contributed by atoms with E-state index in [9.17, 15) is 0 Å². The summed E-state index contributed by atoms with van der Waals surface area (Å²) in [6.07, 6.45) is 0. The Morgan fingerprint density at radius 3 is 2.69 bits per heavy atom. The third-order valence-electron chi connectivity index (χ3n) is 4.45. The fraction of sp³-hybridized carbons (Fsp3) is 0.450. The molecule has 0 aromatic heterocycles. The second kappa shape index (κ2) is 9.99. The van der Waals surface area contributed by atoms with Crippen LogP contribution >= 0.6 is 0 Å². The number of morpholine rings is 1. The van der Waals surface area contributed by atoms with Crippen LogP contribution in [0.25, 0.3) is 10.8 Å². The van der Waals surface area contributed by atoms with E-state index in [1.54, 1.807) is 7.05 Å². The van der Waals surface area contributed by atoms with E-state index in [0.717, 1.165) is 56.5 Å². The number of rotatable bonds is 7. The normalized spacial score (nSPS) is 15.8. The van der Waals surface area contributed by atoms with E-state index in [1.807, 2.05) is 24.3 Å². The Balaban J connectivity index is 1.37. The maximum Gasteiger partial charge on any atom is 0.191 e. The van der Waals surface area contributed by atoms with Crippen LogP contribution in [-0.2, 0) is 4.74 Å². The van der Waals surface area contributed by atoms with Gasteiger partial charge in [-0.25, -0.2) is 0 Å². The lowest BCUT2D eigenvalue weighted by Crippen LogP contribution is -2.45. The van der Waals surface area contributed by atoms with Gasteiger partial charge in [0.25, 0.3) is 0 Å². The van der Waals surface area contributed by atoms with E-state index in [2.05, 4.69) is 38.7 Å². The molecule has 0 saturated carbocycles. The minimum Gasteiger partial charge on any atom is -0.491 e. The van der Waals surface area contributed by atoms with Crippen LogP contribution in [-0.4, -0.2) is 70.5 Å². The van der Waals surface area contributed by atoms with Gasteiger partial charge in [-0.3, -0.25) is 9.89 Å². The van der Waals surface area contributed by atoms with Gasteiger partial charge in [0.1, 0.15) is 12.4 Å². The Morgan fingerprint density at radius 2 is 1.85 bits per heavy atom. The first-order chi connectivity index (χ1) is 12.9. The maximum atomic E-state index is 5.95. The number of hydrogen-bond acceptors (Lipinski definition) is 4. The second-order valence-electron chi connectivity index (χ2n) is 6.21. The molecule has 0 bridgehead atoms. The van der Waals surface area contributed by atoms with Crippen molar-refractivity contribution in [2.24, 2.45) is 4.99 Å². The largest absolute Gasteiger partial charge is 0.491 e. The highest BCUT2D eigenvalue weighted by Crippen LogP contribution is 2.24. The van der Waals surface area contributed by atoms with E-state index < -0.39 is 0 Å². The predicted octanol–water partition coefficient (Wildman–Crippen LogP) is 1.72. The highest BCUT2D eigenvalue weighted by Gasteiger charge is 2.09. The fourth-order valence-electron chi connectivity index (χ4n) is 3.03. The summed E-state index contributed by atoms with van der Waals surface area (Å²) in [6, 6.07) is 14.4. The summed E-state index contributed by atoms with van der Waals surface area (Å²) < 4.78 is 11.3. The molecule has 2 aromatic carbocycles. The minimum absolute atomic E-state index is 0.582. The third-order valence-corrected chi connectivity index (χ3v) is 4.45. The number of fused-ring (bicyclic) bond motifs is 1. The first-order valence-electron chi connectivity index (χ1n) is 9.22. The van der Waals surface area contributed by atoms with E-state index in [0.29, 0.717) is 13.2 Å². The number of hydrogen-bond donors (Lipinski definition) is 2. The molecule has 1 heterocycles. The van der Waals surface area contributed by atoms with Crippen molar-refractivity contribution in [3.8, 4) is 5.75 Å². The van der Waals surface area contributed by atoms with Gasteiger partial charge in [-0.1, -0.05) is 36.4 Å². The molecule has 1 saturated heterocycles. The molecule has 1 aliphatic heterocycles. The molecular formula is C20H28N4O2. The van der Waals surface area contributed by atoms with Gasteiger partial charge in [0, 0.05) is 38.6 Å². The molecule has 26 heavy (non-hydrogen) atoms. The Morgan fingerprint density at radius 1 is 1.08 bits per heavy atom. The molecule has 0 amide bonds. The van der Waals surface area contributed by atoms with Crippen LogP contribution in [0.1, 0.15) is 0 Å². The first kappa shape index (κ1) is 18.5. The Labute approximate surface area is 155 Å². The lowest BCUT2D eigenvalue weighted by molar-refractivity contribution is 0.0389. The molecule has 2 N–H and O–H groups in total. The zero-order valence-electron chi connectivity index (χ0n) is 15.4. The van der Waals surface area contributed by atoms with E-state index in [-0.39, 0.29) is 0 Å². The molecule has 2 aromatic rings. The highest BCUT2D eigenvalue weighted by atomic mass is 16.5. The average molecular weight is 356 g/mol. The van der Waals surface area contributed by atoms with Crippen molar-refractivity contribution in [3.63, 3.8) is 0 Å². The molecule has 0 spiro atoms. The van der Waals surface area contributed by atoms with Crippen LogP contribution in [0.15, 0.2) is 47.5 Å². The van der Waals surface area contributed by atoms with Crippen molar-refractivity contribution >= 4 is 16.7 Å². The van der Waals surface area contributed by atoms with Crippen molar-refractivity contribution in [2.45, 2.75) is 0 Å². The molecule has 140 valence electrons. The van der Waals surface area contributed by atoms with Crippen molar-refractivity contribution < 1.29 is 9.47 Å². The van der Waals surface area contributed by atoms with Gasteiger partial charge in [0.15, 0.2) is 5.96 Å². The molecule has 0 aliphatic carbocycles. The van der Waals surface area contributed by atoms with Crippen molar-refractivity contribution in [3.05, 3.63) is 42.5 Å². The summed E-state index contributed by atoms with van der Waals surface area (Å²) in [4.78, 5) is 6.66. The van der Waals surface area contributed by atoms with E-state index in [4.69, 9.17) is 9.47 Å². The molecular weight excluding hydrogens is 328 g/mol. The standard InChI is InChI=1S/C20H28N4O2/c1-21-20(22-9-11-24-12-15-25-16-13-24)23-10-14-26-19-8-4-6-17-5-2-3-7-18(17)19/h2-8H,9-16H2,1H3,(H2,21,22,23). The number of ether oxygens (including phenoxy) is 2. The van der Waals surface area contributed by atoms with E-state index >= 15 is 0 Å². The van der Waals surface area contributed by atoms with Crippen LogP contribution < -0.4 is 15.4 Å². The van der Waals surface area contributed by atoms with Gasteiger partial charge < -0.3 is 20.1 Å². The fourth-order valence-corrected chi connectivity index (χ4v) is 3.03. The van der Waals surface area contributed by atoms with Gasteiger partial charge in [-0.2, -0.15) is 0 Å². The Bertz CT molecular complexity index is 709. The molecule has 6 heteroatoms. The lowest BCUT2D eigenvalue weighted by atomic mass is 10.1. The van der Waals surface area contributed by atoms with Crippen molar-refractivity contribution in [2.75, 3.05) is 59.6 Å². The van der Waals surface area contributed by atoms with Crippen LogP contribution in [0.4, 0.5) is 0 Å². The Kier molecular flexibility index (Phi) is 7.10. The molecule has 0 unspecified atom stereocenters. The highest BCUT2D eigenvalue weighted by molar-refractivity contribution is 5.88. The van der Waals surface area contributed by atoms with Gasteiger partial charge in [0.2, 0.25) is 0 Å². The van der Waals surface area contributed by atoms with E-state index in [1.165, 1.54) is 5.39 Å². The molecule has 3 rings (SSSR count). The monoisotopic (exact) mass is 356 g/mol. The van der Waals surface area contributed by atoms with Gasteiger partial charge in [-0.15, -0.1) is 0 Å². The third kappa shape index (κ3) is 5.34. The Hall–Kier alpha value is -2.31. The summed E-state index contributed by atoms with van der Waals surface area (Å²) in [6.45, 7) is 6.81. The van der Waals surface area contributed by atoms with Gasteiger partial charge in [0.05, 0.1) is 19.8 Å². The molecule has 0 atom stereocenters. The number of guanidine groups is 1. The first-order valence-corrected chi connectivity index (χ1v) is 9.22. The zero-order valence-corrected chi connectivity index (χ0v) is 15.4. The van der Waals surface area contributed by atoms with Crippen molar-refractivity contribution in [1.29, 1.82) is 0 Å². The number of nitrogens with one attached hydrogen (secondary N) is 2. The summed E-state index contributed by atoms with van der Waals surface area (Å²) in [5, 5.41) is 8.98. The zero-order chi connectivity index (χ0) is 18.0. The van der Waals surface area contributed by atoms with Crippen LogP contribution in [0, 0.1) is 0 Å². The SMILES string of the molecule is CN=C(NCCOc1cccc2ccccc12)NCCN1CCOCC1. The van der Waals surface area contributed by atoms with Crippen LogP contribution in [0.3, 0.4) is 0 Å². The summed E-state index contributed by atoms with van der Waals surface area (Å²) in [7, 11) is 1.79. The summed E-state index contributed by atoms with van der Waals surface area (Å²) in [5.74, 6) is 1.72. The van der Waals surface area contributed by atoms with Crippen LogP contribution in [0.2, 0.25) is 0 Å². The molecule has 1 fully saturated rings. The lowest BCUT2D eigenvalue weighted by Gasteiger charge is -2.26. The molecule has 1 aliphatic rings. The predicted molar refractivity (Wildman–Crippen MR) is 106 cm³/mol. The molecule has 0 radical (unpaired) electrons. The van der Waals surface area contributed by atoms with Gasteiger partial charge in [-0.05, 0) is 11.5 Å². The van der Waals surface area contributed by atoms with Crippen LogP contribution in [0.5, 0.6) is 5.75 Å². The quantitative estimate of drug-likeness (QED) is 0.449. The van der Waals surface area contributed by atoms with Crippen molar-refractivity contribution in [1.82, 2.24) is 15.5 Å². The minimum atomic E-state index is 0.582. The maximum absolute atomic E-state index is 5.95. The topological polar surface area (TPSA) is 58.1 Å². The summed E-state index contributed by atoms with van der Waals surface area (Å²) in [5.41, 5.74) is 0. The second-order valence-corrected chi connectivity index (χ2v) is 6.21.